The third-order valence-corrected chi connectivity index (χ3v) is 3.90. The highest BCUT2D eigenvalue weighted by atomic mass is 16.7. The molecule has 116 valence electrons. The van der Waals surface area contributed by atoms with Crippen molar-refractivity contribution in [3.05, 3.63) is 30.6 Å². The maximum atomic E-state index is 6.21. The van der Waals surface area contributed by atoms with E-state index in [-0.39, 0.29) is 11.7 Å². The number of hydrogen-bond acceptors (Lipinski definition) is 3. The van der Waals surface area contributed by atoms with Crippen LogP contribution in [-0.2, 0) is 9.47 Å². The molecule has 0 saturated carbocycles. The van der Waals surface area contributed by atoms with Gasteiger partial charge in [-0.15, -0.1) is 0 Å². The van der Waals surface area contributed by atoms with Gasteiger partial charge in [0.15, 0.2) is 0 Å². The molecule has 0 N–H and O–H groups in total. The van der Waals surface area contributed by atoms with Gasteiger partial charge >= 0.3 is 0 Å². The van der Waals surface area contributed by atoms with E-state index < -0.39 is 6.41 Å². The number of hydrogen-bond donors (Lipinski definition) is 0. The lowest BCUT2D eigenvalue weighted by Crippen LogP contribution is -2.31. The third-order valence-electron chi connectivity index (χ3n) is 3.90. The van der Waals surface area contributed by atoms with Crippen LogP contribution in [0.15, 0.2) is 30.6 Å². The lowest BCUT2D eigenvalue weighted by molar-refractivity contribution is -0.257. The number of ether oxygens (including phenoxy) is 2. The van der Waals surface area contributed by atoms with E-state index in [1.54, 1.807) is 6.33 Å². The Labute approximate surface area is 127 Å². The molecule has 2 atom stereocenters. The van der Waals surface area contributed by atoms with E-state index >= 15 is 0 Å². The zero-order valence-electron chi connectivity index (χ0n) is 13.7. The minimum Gasteiger partial charge on any atom is -0.332 e. The van der Waals surface area contributed by atoms with Crippen LogP contribution in [0.25, 0.3) is 11.0 Å². The van der Waals surface area contributed by atoms with E-state index in [9.17, 15) is 0 Å². The van der Waals surface area contributed by atoms with E-state index in [1.807, 2.05) is 28.8 Å². The topological polar surface area (TPSA) is 36.3 Å². The summed E-state index contributed by atoms with van der Waals surface area (Å²) < 4.78 is 14.3. The van der Waals surface area contributed by atoms with Gasteiger partial charge in [-0.1, -0.05) is 26.0 Å². The Morgan fingerprint density at radius 3 is 2.62 bits per heavy atom. The number of benzene rings is 1. The summed E-state index contributed by atoms with van der Waals surface area (Å²) in [5.74, 6) is 0. The summed E-state index contributed by atoms with van der Waals surface area (Å²) in [7, 11) is 0. The average molecular weight is 290 g/mol. The first-order valence-corrected chi connectivity index (χ1v) is 7.71. The van der Waals surface area contributed by atoms with Crippen molar-refractivity contribution >= 4 is 11.0 Å². The first-order chi connectivity index (χ1) is 9.96. The molecule has 0 aliphatic rings. The second kappa shape index (κ2) is 6.58. The van der Waals surface area contributed by atoms with Gasteiger partial charge in [0.05, 0.1) is 29.1 Å². The largest absolute Gasteiger partial charge is 0.332 e. The molecule has 1 heterocycles. The number of para-hydroxylation sites is 2. The zero-order valence-corrected chi connectivity index (χ0v) is 13.7. The molecule has 21 heavy (non-hydrogen) atoms. The molecule has 0 bridgehead atoms. The first kappa shape index (κ1) is 16.0. The Morgan fingerprint density at radius 2 is 1.95 bits per heavy atom. The second-order valence-electron chi connectivity index (χ2n) is 6.03. The molecular formula is C17H26N2O2. The van der Waals surface area contributed by atoms with Gasteiger partial charge in [0, 0.05) is 0 Å². The van der Waals surface area contributed by atoms with Gasteiger partial charge in [0.25, 0.3) is 0 Å². The minimum absolute atomic E-state index is 0.129. The van der Waals surface area contributed by atoms with Crippen molar-refractivity contribution in [2.75, 3.05) is 0 Å². The van der Waals surface area contributed by atoms with E-state index in [1.165, 1.54) is 0 Å². The normalized spacial score (nSPS) is 15.3. The Balaban J connectivity index is 2.34. The van der Waals surface area contributed by atoms with Gasteiger partial charge in [-0.2, -0.15) is 0 Å². The molecule has 2 aromatic rings. The summed E-state index contributed by atoms with van der Waals surface area (Å²) in [4.78, 5) is 4.43. The Morgan fingerprint density at radius 1 is 1.24 bits per heavy atom. The van der Waals surface area contributed by atoms with E-state index in [0.29, 0.717) is 0 Å². The second-order valence-corrected chi connectivity index (χ2v) is 6.03. The van der Waals surface area contributed by atoms with Gasteiger partial charge < -0.3 is 9.47 Å². The summed E-state index contributed by atoms with van der Waals surface area (Å²) >= 11 is 0. The summed E-state index contributed by atoms with van der Waals surface area (Å²) in [6.45, 7) is 10.5. The van der Waals surface area contributed by atoms with Crippen LogP contribution >= 0.6 is 0 Å². The molecule has 0 saturated heterocycles. The van der Waals surface area contributed by atoms with Crippen LogP contribution < -0.4 is 0 Å². The highest BCUT2D eigenvalue weighted by Gasteiger charge is 2.26. The highest BCUT2D eigenvalue weighted by molar-refractivity contribution is 5.74. The number of aromatic nitrogens is 2. The standard InChI is InChI=1S/C17H26N2O2/c1-6-13(3)20-16(21-17(4,5)7-2)19-12-18-14-10-8-9-11-15(14)19/h8-13,16H,6-7H2,1-5H3. The summed E-state index contributed by atoms with van der Waals surface area (Å²) in [5.41, 5.74) is 1.73. The van der Waals surface area contributed by atoms with Crippen LogP contribution in [0.3, 0.4) is 0 Å². The van der Waals surface area contributed by atoms with Gasteiger partial charge in [-0.3, -0.25) is 4.57 Å². The number of fused-ring (bicyclic) bond motifs is 1. The monoisotopic (exact) mass is 290 g/mol. The van der Waals surface area contributed by atoms with Crippen molar-refractivity contribution in [3.8, 4) is 0 Å². The van der Waals surface area contributed by atoms with Crippen molar-refractivity contribution < 1.29 is 9.47 Å². The average Bonchev–Trinajstić information content (AvgIpc) is 2.90. The molecule has 0 radical (unpaired) electrons. The van der Waals surface area contributed by atoms with Crippen molar-refractivity contribution in [1.82, 2.24) is 9.55 Å². The van der Waals surface area contributed by atoms with E-state index in [4.69, 9.17) is 9.47 Å². The molecule has 0 fully saturated rings. The lowest BCUT2D eigenvalue weighted by Gasteiger charge is -2.32. The molecule has 4 nitrogen and oxygen atoms in total. The SMILES string of the molecule is CCC(C)OC(OC(C)(C)CC)n1cnc2ccccc21. The van der Waals surface area contributed by atoms with Crippen LogP contribution in [0, 0.1) is 0 Å². The molecule has 2 rings (SSSR count). The maximum Gasteiger partial charge on any atom is 0.246 e. The predicted molar refractivity (Wildman–Crippen MR) is 85.1 cm³/mol. The molecule has 0 spiro atoms. The fourth-order valence-electron chi connectivity index (χ4n) is 1.95. The molecule has 1 aromatic carbocycles. The smallest absolute Gasteiger partial charge is 0.246 e. The molecular weight excluding hydrogens is 264 g/mol. The fourth-order valence-corrected chi connectivity index (χ4v) is 1.95. The molecule has 0 aliphatic heterocycles. The summed E-state index contributed by atoms with van der Waals surface area (Å²) in [6.07, 6.45) is 3.33. The number of imidazole rings is 1. The van der Waals surface area contributed by atoms with E-state index in [2.05, 4.69) is 39.6 Å². The zero-order chi connectivity index (χ0) is 15.5. The quantitative estimate of drug-likeness (QED) is 0.704. The molecule has 1 aromatic heterocycles. The summed E-state index contributed by atoms with van der Waals surface area (Å²) in [6, 6.07) is 8.03. The van der Waals surface area contributed by atoms with Crippen LogP contribution in [0.1, 0.15) is 53.9 Å². The molecule has 0 amide bonds. The van der Waals surface area contributed by atoms with E-state index in [0.717, 1.165) is 23.9 Å². The Bertz CT molecular complexity index is 577. The molecule has 2 unspecified atom stereocenters. The van der Waals surface area contributed by atoms with Crippen LogP contribution in [0.2, 0.25) is 0 Å². The molecule has 4 heteroatoms. The predicted octanol–water partition coefficient (Wildman–Crippen LogP) is 4.51. The highest BCUT2D eigenvalue weighted by Crippen LogP contribution is 2.27. The first-order valence-electron chi connectivity index (χ1n) is 7.71. The Kier molecular flexibility index (Phi) is 5.01. The number of nitrogens with zero attached hydrogens (tertiary/aromatic N) is 2. The Hall–Kier alpha value is -1.39. The van der Waals surface area contributed by atoms with Gasteiger partial charge in [0.1, 0.15) is 0 Å². The van der Waals surface area contributed by atoms with Crippen molar-refractivity contribution in [2.24, 2.45) is 0 Å². The van der Waals surface area contributed by atoms with Crippen LogP contribution in [0.4, 0.5) is 0 Å². The third kappa shape index (κ3) is 3.83. The van der Waals surface area contributed by atoms with Gasteiger partial charge in [0.2, 0.25) is 6.41 Å². The maximum absolute atomic E-state index is 6.21. The van der Waals surface area contributed by atoms with Crippen molar-refractivity contribution in [3.63, 3.8) is 0 Å². The number of rotatable bonds is 7. The van der Waals surface area contributed by atoms with Crippen LogP contribution in [0.5, 0.6) is 0 Å². The van der Waals surface area contributed by atoms with Crippen LogP contribution in [-0.4, -0.2) is 21.3 Å². The van der Waals surface area contributed by atoms with Gasteiger partial charge in [-0.05, 0) is 45.7 Å². The molecule has 0 aliphatic carbocycles. The van der Waals surface area contributed by atoms with Crippen molar-refractivity contribution in [2.45, 2.75) is 65.6 Å². The van der Waals surface area contributed by atoms with Gasteiger partial charge in [-0.25, -0.2) is 4.98 Å². The fraction of sp³-hybridized carbons (Fsp3) is 0.588. The summed E-state index contributed by atoms with van der Waals surface area (Å²) in [5, 5.41) is 0. The lowest BCUT2D eigenvalue weighted by atomic mass is 10.1. The van der Waals surface area contributed by atoms with Crippen molar-refractivity contribution in [1.29, 1.82) is 0 Å². The minimum atomic E-state index is -0.456.